The first-order chi connectivity index (χ1) is 6.09. The Balaban J connectivity index is 2.65. The quantitative estimate of drug-likeness (QED) is 0.702. The van der Waals surface area contributed by atoms with Crippen molar-refractivity contribution in [2.24, 2.45) is 0 Å². The van der Waals surface area contributed by atoms with Gasteiger partial charge in [-0.3, -0.25) is 0 Å². The number of benzene rings is 1. The van der Waals surface area contributed by atoms with Crippen LogP contribution in [0.1, 0.15) is 0 Å². The molecule has 0 aliphatic heterocycles. The Labute approximate surface area is 76.2 Å². The predicted molar refractivity (Wildman–Crippen MR) is 47.9 cm³/mol. The van der Waals surface area contributed by atoms with E-state index >= 15 is 0 Å². The van der Waals surface area contributed by atoms with Gasteiger partial charge in [0.1, 0.15) is 5.82 Å². The summed E-state index contributed by atoms with van der Waals surface area (Å²) in [7, 11) is 3.26. The topological polar surface area (TPSA) is 32.3 Å². The first-order valence-corrected chi connectivity index (χ1v) is 3.75. The Morgan fingerprint density at radius 2 is 2.23 bits per heavy atom. The lowest BCUT2D eigenvalue weighted by Crippen LogP contribution is -2.27. The number of hydrogen-bond acceptors (Lipinski definition) is 1. The monoisotopic (exact) mass is 181 g/mol. The van der Waals surface area contributed by atoms with Crippen molar-refractivity contribution >= 4 is 11.7 Å². The summed E-state index contributed by atoms with van der Waals surface area (Å²) in [6.45, 7) is 0. The van der Waals surface area contributed by atoms with E-state index in [1.165, 1.54) is 23.1 Å². The molecular weight excluding hydrogens is 171 g/mol. The number of amides is 2. The van der Waals surface area contributed by atoms with Crippen molar-refractivity contribution in [3.63, 3.8) is 0 Å². The number of anilines is 1. The summed E-state index contributed by atoms with van der Waals surface area (Å²) in [5.41, 5.74) is 0.528. The van der Waals surface area contributed by atoms with Gasteiger partial charge < -0.3 is 10.2 Å². The molecule has 1 aromatic carbocycles. The van der Waals surface area contributed by atoms with Gasteiger partial charge in [0, 0.05) is 25.8 Å². The zero-order valence-electron chi connectivity index (χ0n) is 7.47. The molecule has 1 aromatic rings. The maximum atomic E-state index is 12.4. The van der Waals surface area contributed by atoms with Crippen LogP contribution < -0.4 is 5.32 Å². The zero-order valence-corrected chi connectivity index (χ0v) is 7.47. The van der Waals surface area contributed by atoms with E-state index in [-0.39, 0.29) is 6.03 Å². The molecule has 0 saturated carbocycles. The number of nitrogens with one attached hydrogen (secondary N) is 1. The fourth-order valence-electron chi connectivity index (χ4n) is 0.719. The van der Waals surface area contributed by atoms with E-state index in [4.69, 9.17) is 0 Å². The summed E-state index contributed by atoms with van der Waals surface area (Å²) in [5.74, 6) is -0.442. The van der Waals surface area contributed by atoms with Gasteiger partial charge in [0.15, 0.2) is 0 Å². The fourth-order valence-corrected chi connectivity index (χ4v) is 0.719. The number of carbonyl (C=O) groups excluding carboxylic acids is 1. The molecule has 0 spiro atoms. The van der Waals surface area contributed by atoms with Gasteiger partial charge in [-0.25, -0.2) is 9.18 Å². The molecule has 2 amide bonds. The summed E-state index contributed by atoms with van der Waals surface area (Å²) in [6, 6.07) is 6.20. The summed E-state index contributed by atoms with van der Waals surface area (Å²) in [4.78, 5) is 12.5. The van der Waals surface area contributed by atoms with Crippen LogP contribution in [-0.2, 0) is 0 Å². The normalized spacial score (nSPS) is 9.46. The first-order valence-electron chi connectivity index (χ1n) is 3.75. The van der Waals surface area contributed by atoms with Crippen LogP contribution in [-0.4, -0.2) is 25.0 Å². The van der Waals surface area contributed by atoms with Crippen LogP contribution in [0.25, 0.3) is 0 Å². The van der Waals surface area contributed by atoms with Crippen LogP contribution in [0.3, 0.4) is 0 Å². The third-order valence-corrected chi connectivity index (χ3v) is 1.43. The molecule has 0 fully saturated rings. The van der Waals surface area contributed by atoms with Gasteiger partial charge in [-0.15, -0.1) is 0 Å². The van der Waals surface area contributed by atoms with Crippen LogP contribution in [0.2, 0.25) is 0 Å². The highest BCUT2D eigenvalue weighted by Gasteiger charge is 2.02. The van der Waals surface area contributed by atoms with Gasteiger partial charge in [0.25, 0.3) is 0 Å². The lowest BCUT2D eigenvalue weighted by atomic mass is 10.3. The minimum absolute atomic E-state index is 0.250. The molecular formula is C9H10FN2O. The number of rotatable bonds is 1. The van der Waals surface area contributed by atoms with Gasteiger partial charge in [0.2, 0.25) is 0 Å². The molecule has 3 nitrogen and oxygen atoms in total. The van der Waals surface area contributed by atoms with Crippen LogP contribution in [0.4, 0.5) is 14.9 Å². The molecule has 1 radical (unpaired) electrons. The molecule has 0 heterocycles. The standard InChI is InChI=1S/C9H10FN2O/c1-12(2)9(13)11-8-5-3-7(10)4-6-8/h3,5-6H,1-2H3,(H,11,13). The number of carbonyl (C=O) groups is 1. The number of halogens is 1. The molecule has 0 saturated heterocycles. The van der Waals surface area contributed by atoms with Crippen LogP contribution in [0.5, 0.6) is 0 Å². The Morgan fingerprint density at radius 1 is 1.54 bits per heavy atom. The van der Waals surface area contributed by atoms with Crippen LogP contribution >= 0.6 is 0 Å². The molecule has 0 aliphatic rings. The third kappa shape index (κ3) is 2.74. The van der Waals surface area contributed by atoms with Crippen molar-refractivity contribution in [1.82, 2.24) is 4.90 Å². The second-order valence-electron chi connectivity index (χ2n) is 2.75. The molecule has 1 rings (SSSR count). The Morgan fingerprint density at radius 3 is 2.69 bits per heavy atom. The fraction of sp³-hybridized carbons (Fsp3) is 0.222. The maximum Gasteiger partial charge on any atom is 0.321 e. The summed E-state index contributed by atoms with van der Waals surface area (Å²) in [5, 5.41) is 2.56. The Bertz CT molecular complexity index is 295. The number of nitrogens with zero attached hydrogens (tertiary/aromatic N) is 1. The molecule has 0 aliphatic carbocycles. The van der Waals surface area contributed by atoms with Crippen LogP contribution in [0.15, 0.2) is 18.2 Å². The second-order valence-corrected chi connectivity index (χ2v) is 2.75. The highest BCUT2D eigenvalue weighted by atomic mass is 19.1. The molecule has 1 N–H and O–H groups in total. The van der Waals surface area contributed by atoms with Gasteiger partial charge in [-0.05, 0) is 18.2 Å². The van der Waals surface area contributed by atoms with Crippen molar-refractivity contribution in [1.29, 1.82) is 0 Å². The van der Waals surface area contributed by atoms with Gasteiger partial charge in [-0.2, -0.15) is 0 Å². The highest BCUT2D eigenvalue weighted by molar-refractivity contribution is 5.88. The van der Waals surface area contributed by atoms with Crippen LogP contribution in [0, 0.1) is 11.9 Å². The predicted octanol–water partition coefficient (Wildman–Crippen LogP) is 1.72. The van der Waals surface area contributed by atoms with E-state index in [0.717, 1.165) is 0 Å². The zero-order chi connectivity index (χ0) is 9.84. The average Bonchev–Trinajstić information content (AvgIpc) is 2.08. The smallest absolute Gasteiger partial charge is 0.321 e. The number of hydrogen-bond donors (Lipinski definition) is 1. The van der Waals surface area contributed by atoms with Crippen molar-refractivity contribution in [2.75, 3.05) is 19.4 Å². The minimum Gasteiger partial charge on any atom is -0.331 e. The van der Waals surface area contributed by atoms with E-state index in [9.17, 15) is 9.18 Å². The van der Waals surface area contributed by atoms with E-state index in [2.05, 4.69) is 11.4 Å². The van der Waals surface area contributed by atoms with E-state index in [1.807, 2.05) is 0 Å². The van der Waals surface area contributed by atoms with Crippen molar-refractivity contribution in [2.45, 2.75) is 0 Å². The van der Waals surface area contributed by atoms with Gasteiger partial charge in [0.05, 0.1) is 0 Å². The molecule has 0 unspecified atom stereocenters. The maximum absolute atomic E-state index is 12.4. The van der Waals surface area contributed by atoms with Crippen molar-refractivity contribution in [3.05, 3.63) is 30.1 Å². The summed E-state index contributed by atoms with van der Waals surface area (Å²) < 4.78 is 12.4. The van der Waals surface area contributed by atoms with Gasteiger partial charge in [-0.1, -0.05) is 0 Å². The largest absolute Gasteiger partial charge is 0.331 e. The van der Waals surface area contributed by atoms with Crippen molar-refractivity contribution in [3.8, 4) is 0 Å². The van der Waals surface area contributed by atoms with Gasteiger partial charge >= 0.3 is 6.03 Å². The highest BCUT2D eigenvalue weighted by Crippen LogP contribution is 2.07. The molecule has 0 atom stereocenters. The Hall–Kier alpha value is -1.58. The lowest BCUT2D eigenvalue weighted by Gasteiger charge is -2.11. The van der Waals surface area contributed by atoms with Crippen molar-refractivity contribution < 1.29 is 9.18 Å². The molecule has 0 bridgehead atoms. The van der Waals surface area contributed by atoms with E-state index < -0.39 is 5.82 Å². The number of urea groups is 1. The lowest BCUT2D eigenvalue weighted by molar-refractivity contribution is 0.230. The molecule has 4 heteroatoms. The van der Waals surface area contributed by atoms with E-state index in [0.29, 0.717) is 5.69 Å². The second kappa shape index (κ2) is 3.89. The average molecular weight is 181 g/mol. The summed E-state index contributed by atoms with van der Waals surface area (Å²) in [6.07, 6.45) is 0. The molecule has 0 aromatic heterocycles. The minimum atomic E-state index is -0.442. The SMILES string of the molecule is CN(C)C(=O)Nc1c[c]c(F)cc1. The Kier molecular flexibility index (Phi) is 2.84. The van der Waals surface area contributed by atoms with E-state index in [1.54, 1.807) is 14.1 Å². The first kappa shape index (κ1) is 9.51. The molecule has 69 valence electrons. The third-order valence-electron chi connectivity index (χ3n) is 1.43. The summed E-state index contributed by atoms with van der Waals surface area (Å²) >= 11 is 0. The molecule has 13 heavy (non-hydrogen) atoms.